The third kappa shape index (κ3) is 5.05. The van der Waals surface area contributed by atoms with Crippen LogP contribution in [0.5, 0.6) is 0 Å². The first-order valence-electron chi connectivity index (χ1n) is 8.99. The predicted molar refractivity (Wildman–Crippen MR) is 109 cm³/mol. The van der Waals surface area contributed by atoms with Gasteiger partial charge in [-0.15, -0.1) is 0 Å². The Morgan fingerprint density at radius 1 is 0.778 bits per heavy atom. The van der Waals surface area contributed by atoms with Crippen molar-refractivity contribution in [3.8, 4) is 0 Å². The number of hydrogen-bond donors (Lipinski definition) is 2. The number of anilines is 2. The summed E-state index contributed by atoms with van der Waals surface area (Å²) in [7, 11) is 0. The highest BCUT2D eigenvalue weighted by atomic mass is 16.2. The minimum Gasteiger partial charge on any atom is -0.326 e. The van der Waals surface area contributed by atoms with Crippen molar-refractivity contribution < 1.29 is 9.59 Å². The molecule has 0 aromatic heterocycles. The number of rotatable bonds is 6. The first-order chi connectivity index (χ1) is 13.2. The number of para-hydroxylation sites is 1. The van der Waals surface area contributed by atoms with Crippen molar-refractivity contribution >= 4 is 23.2 Å². The Morgan fingerprint density at radius 2 is 1.44 bits per heavy atom. The van der Waals surface area contributed by atoms with Crippen molar-refractivity contribution in [2.45, 2.75) is 19.8 Å². The standard InChI is InChI=1S/C23H22N2O2/c1-2-18-10-6-7-11-21(18)25-23(27)19-12-14-20(15-13-19)24-22(26)16-17-8-4-3-5-9-17/h3-15H,2,16H2,1H3,(H,24,26)(H,25,27). The molecule has 136 valence electrons. The van der Waals surface area contributed by atoms with Gasteiger partial charge in [0.25, 0.3) is 5.91 Å². The highest BCUT2D eigenvalue weighted by Gasteiger charge is 2.09. The van der Waals surface area contributed by atoms with Crippen molar-refractivity contribution in [3.05, 3.63) is 95.6 Å². The molecular formula is C23H22N2O2. The van der Waals surface area contributed by atoms with Gasteiger partial charge in [-0.25, -0.2) is 0 Å². The molecule has 0 aliphatic heterocycles. The molecule has 0 bridgehead atoms. The minimum absolute atomic E-state index is 0.0877. The molecule has 2 amide bonds. The number of aryl methyl sites for hydroxylation is 1. The molecule has 0 aliphatic carbocycles. The van der Waals surface area contributed by atoms with Crippen molar-refractivity contribution in [2.24, 2.45) is 0 Å². The van der Waals surface area contributed by atoms with Gasteiger partial charge in [-0.1, -0.05) is 55.5 Å². The van der Waals surface area contributed by atoms with Gasteiger partial charge in [-0.05, 0) is 47.9 Å². The van der Waals surface area contributed by atoms with Gasteiger partial charge in [0.1, 0.15) is 0 Å². The molecule has 3 aromatic carbocycles. The van der Waals surface area contributed by atoms with Crippen LogP contribution >= 0.6 is 0 Å². The molecule has 0 heterocycles. The number of hydrogen-bond acceptors (Lipinski definition) is 2. The number of amides is 2. The minimum atomic E-state index is -0.168. The second-order valence-electron chi connectivity index (χ2n) is 6.25. The fourth-order valence-corrected chi connectivity index (χ4v) is 2.84. The Bertz CT molecular complexity index is 919. The normalized spacial score (nSPS) is 10.3. The van der Waals surface area contributed by atoms with E-state index in [1.165, 1.54) is 0 Å². The summed E-state index contributed by atoms with van der Waals surface area (Å²) in [5, 5.41) is 5.80. The average Bonchev–Trinajstić information content (AvgIpc) is 2.69. The lowest BCUT2D eigenvalue weighted by Crippen LogP contribution is -2.15. The van der Waals surface area contributed by atoms with Gasteiger partial charge in [0.2, 0.25) is 5.91 Å². The lowest BCUT2D eigenvalue weighted by Gasteiger charge is -2.10. The molecule has 0 atom stereocenters. The molecule has 4 heteroatoms. The largest absolute Gasteiger partial charge is 0.326 e. The number of carbonyl (C=O) groups is 2. The first-order valence-corrected chi connectivity index (χ1v) is 8.99. The summed E-state index contributed by atoms with van der Waals surface area (Å²) >= 11 is 0. The lowest BCUT2D eigenvalue weighted by molar-refractivity contribution is -0.115. The molecule has 4 nitrogen and oxygen atoms in total. The van der Waals surface area contributed by atoms with E-state index in [-0.39, 0.29) is 11.8 Å². The number of nitrogens with one attached hydrogen (secondary N) is 2. The van der Waals surface area contributed by atoms with Gasteiger partial charge in [0.15, 0.2) is 0 Å². The van der Waals surface area contributed by atoms with Crippen LogP contribution in [0.4, 0.5) is 11.4 Å². The zero-order chi connectivity index (χ0) is 19.1. The molecule has 3 aromatic rings. The van der Waals surface area contributed by atoms with Gasteiger partial charge in [0, 0.05) is 16.9 Å². The lowest BCUT2D eigenvalue weighted by atomic mass is 10.1. The van der Waals surface area contributed by atoms with Gasteiger partial charge in [-0.3, -0.25) is 9.59 Å². The molecule has 0 spiro atoms. The third-order valence-electron chi connectivity index (χ3n) is 4.28. The van der Waals surface area contributed by atoms with E-state index < -0.39 is 0 Å². The van der Waals surface area contributed by atoms with Gasteiger partial charge < -0.3 is 10.6 Å². The maximum Gasteiger partial charge on any atom is 0.255 e. The van der Waals surface area contributed by atoms with Gasteiger partial charge in [-0.2, -0.15) is 0 Å². The summed E-state index contributed by atoms with van der Waals surface area (Å²) < 4.78 is 0. The third-order valence-corrected chi connectivity index (χ3v) is 4.28. The highest BCUT2D eigenvalue weighted by molar-refractivity contribution is 6.05. The summed E-state index contributed by atoms with van der Waals surface area (Å²) in [6, 6.07) is 24.2. The van der Waals surface area contributed by atoms with Crippen molar-refractivity contribution in [2.75, 3.05) is 10.6 Å². The summed E-state index contributed by atoms with van der Waals surface area (Å²) in [6.07, 6.45) is 1.17. The molecule has 2 N–H and O–H groups in total. The second kappa shape index (κ2) is 8.81. The Hall–Kier alpha value is -3.40. The van der Waals surface area contributed by atoms with Crippen LogP contribution in [0.2, 0.25) is 0 Å². The van der Waals surface area contributed by atoms with Crippen molar-refractivity contribution in [1.29, 1.82) is 0 Å². The summed E-state index contributed by atoms with van der Waals surface area (Å²) in [4.78, 5) is 24.6. The number of carbonyl (C=O) groups excluding carboxylic acids is 2. The average molecular weight is 358 g/mol. The predicted octanol–water partition coefficient (Wildman–Crippen LogP) is 4.68. The van der Waals surface area contributed by atoms with E-state index in [0.717, 1.165) is 23.2 Å². The van der Waals surface area contributed by atoms with Crippen molar-refractivity contribution in [1.82, 2.24) is 0 Å². The Labute approximate surface area is 159 Å². The van der Waals surface area contributed by atoms with Crippen LogP contribution in [-0.4, -0.2) is 11.8 Å². The quantitative estimate of drug-likeness (QED) is 0.672. The monoisotopic (exact) mass is 358 g/mol. The fraction of sp³-hybridized carbons (Fsp3) is 0.130. The zero-order valence-corrected chi connectivity index (χ0v) is 15.2. The molecule has 0 saturated heterocycles. The molecule has 3 rings (SSSR count). The van der Waals surface area contributed by atoms with E-state index in [4.69, 9.17) is 0 Å². The van der Waals surface area contributed by atoms with Crippen LogP contribution in [0, 0.1) is 0 Å². The maximum absolute atomic E-state index is 12.5. The van der Waals surface area contributed by atoms with E-state index in [9.17, 15) is 9.59 Å². The highest BCUT2D eigenvalue weighted by Crippen LogP contribution is 2.17. The Kier molecular flexibility index (Phi) is 6.00. The van der Waals surface area contributed by atoms with E-state index in [1.54, 1.807) is 24.3 Å². The van der Waals surface area contributed by atoms with E-state index in [0.29, 0.717) is 17.7 Å². The zero-order valence-electron chi connectivity index (χ0n) is 15.2. The van der Waals surface area contributed by atoms with Crippen LogP contribution in [0.25, 0.3) is 0 Å². The smallest absolute Gasteiger partial charge is 0.255 e. The van der Waals surface area contributed by atoms with Crippen LogP contribution in [0.1, 0.15) is 28.4 Å². The molecule has 0 unspecified atom stereocenters. The van der Waals surface area contributed by atoms with Crippen LogP contribution < -0.4 is 10.6 Å². The molecular weight excluding hydrogens is 336 g/mol. The fourth-order valence-electron chi connectivity index (χ4n) is 2.84. The second-order valence-corrected chi connectivity index (χ2v) is 6.25. The van der Waals surface area contributed by atoms with E-state index in [1.807, 2.05) is 54.6 Å². The Balaban J connectivity index is 1.61. The number of benzene rings is 3. The summed E-state index contributed by atoms with van der Waals surface area (Å²) in [6.45, 7) is 2.05. The summed E-state index contributed by atoms with van der Waals surface area (Å²) in [5.74, 6) is -0.256. The van der Waals surface area contributed by atoms with E-state index >= 15 is 0 Å². The summed E-state index contributed by atoms with van der Waals surface area (Å²) in [5.41, 5.74) is 4.09. The van der Waals surface area contributed by atoms with Crippen molar-refractivity contribution in [3.63, 3.8) is 0 Å². The Morgan fingerprint density at radius 3 is 2.15 bits per heavy atom. The van der Waals surface area contributed by atoms with Crippen LogP contribution in [0.3, 0.4) is 0 Å². The molecule has 0 saturated carbocycles. The first kappa shape index (κ1) is 18.4. The molecule has 0 aliphatic rings. The maximum atomic E-state index is 12.5. The van der Waals surface area contributed by atoms with Crippen LogP contribution in [0.15, 0.2) is 78.9 Å². The van der Waals surface area contributed by atoms with E-state index in [2.05, 4.69) is 17.6 Å². The van der Waals surface area contributed by atoms with Crippen LogP contribution in [-0.2, 0) is 17.6 Å². The van der Waals surface area contributed by atoms with Gasteiger partial charge in [0.05, 0.1) is 6.42 Å². The topological polar surface area (TPSA) is 58.2 Å². The molecule has 27 heavy (non-hydrogen) atoms. The molecule has 0 fully saturated rings. The molecule has 0 radical (unpaired) electrons. The SMILES string of the molecule is CCc1ccccc1NC(=O)c1ccc(NC(=O)Cc2ccccc2)cc1. The van der Waals surface area contributed by atoms with Gasteiger partial charge >= 0.3 is 0 Å².